The summed E-state index contributed by atoms with van der Waals surface area (Å²) < 4.78 is 48.7. The third kappa shape index (κ3) is 5.16. The number of aliphatic carboxylic acids is 1. The van der Waals surface area contributed by atoms with Crippen LogP contribution in [0.1, 0.15) is 18.4 Å². The van der Waals surface area contributed by atoms with Crippen molar-refractivity contribution in [1.29, 1.82) is 0 Å². The lowest BCUT2D eigenvalue weighted by atomic mass is 9.95. The predicted molar refractivity (Wildman–Crippen MR) is 56.5 cm³/mol. The Morgan fingerprint density at radius 1 is 1.22 bits per heavy atom. The molecule has 0 radical (unpaired) electrons. The van der Waals surface area contributed by atoms with Gasteiger partial charge in [0.05, 0.1) is 5.92 Å². The maximum absolute atomic E-state index is 12.6. The van der Waals surface area contributed by atoms with E-state index in [1.165, 1.54) is 12.1 Å². The predicted octanol–water partition coefficient (Wildman–Crippen LogP) is 3.41. The fourth-order valence-electron chi connectivity index (χ4n) is 1.56. The van der Waals surface area contributed by atoms with Gasteiger partial charge in [-0.25, -0.2) is 4.39 Å². The van der Waals surface area contributed by atoms with Crippen LogP contribution in [0.2, 0.25) is 0 Å². The van der Waals surface area contributed by atoms with Crippen LogP contribution in [0.4, 0.5) is 17.6 Å². The zero-order valence-electron chi connectivity index (χ0n) is 9.38. The van der Waals surface area contributed by atoms with Gasteiger partial charge < -0.3 is 5.11 Å². The Bertz CT molecular complexity index is 398. The Balaban J connectivity index is 2.63. The molecule has 0 aliphatic heterocycles. The van der Waals surface area contributed by atoms with Crippen molar-refractivity contribution in [3.63, 3.8) is 0 Å². The highest BCUT2D eigenvalue weighted by Crippen LogP contribution is 2.25. The molecule has 6 heteroatoms. The van der Waals surface area contributed by atoms with Gasteiger partial charge in [-0.15, -0.1) is 0 Å². The van der Waals surface area contributed by atoms with Gasteiger partial charge >= 0.3 is 12.1 Å². The Morgan fingerprint density at radius 2 is 1.78 bits per heavy atom. The second-order valence-electron chi connectivity index (χ2n) is 4.02. The Morgan fingerprint density at radius 3 is 2.22 bits per heavy atom. The second kappa shape index (κ2) is 5.84. The van der Waals surface area contributed by atoms with Crippen molar-refractivity contribution in [2.24, 2.45) is 5.92 Å². The standard InChI is InChI=1S/C12H12F4O2/c13-10-3-1-8(2-4-10)7-9(11(17)18)5-6-12(14,15)16/h1-4,9H,5-7H2,(H,17,18). The first-order chi connectivity index (χ1) is 8.28. The summed E-state index contributed by atoms with van der Waals surface area (Å²) in [5.41, 5.74) is 0.506. The van der Waals surface area contributed by atoms with Crippen molar-refractivity contribution in [3.8, 4) is 0 Å². The van der Waals surface area contributed by atoms with Crippen molar-refractivity contribution in [2.75, 3.05) is 0 Å². The highest BCUT2D eigenvalue weighted by Gasteiger charge is 2.30. The summed E-state index contributed by atoms with van der Waals surface area (Å²) in [6, 6.07) is 5.05. The summed E-state index contributed by atoms with van der Waals surface area (Å²) in [4.78, 5) is 10.8. The smallest absolute Gasteiger partial charge is 0.389 e. The van der Waals surface area contributed by atoms with E-state index in [0.717, 1.165) is 12.1 Å². The van der Waals surface area contributed by atoms with Gasteiger partial charge in [-0.3, -0.25) is 4.79 Å². The number of alkyl halides is 3. The van der Waals surface area contributed by atoms with Gasteiger partial charge in [0.1, 0.15) is 5.82 Å². The summed E-state index contributed by atoms with van der Waals surface area (Å²) in [5, 5.41) is 8.84. The molecule has 0 bridgehead atoms. The molecule has 0 spiro atoms. The maximum Gasteiger partial charge on any atom is 0.389 e. The molecule has 0 heterocycles. The SMILES string of the molecule is O=C(O)C(CCC(F)(F)F)Cc1ccc(F)cc1. The summed E-state index contributed by atoms with van der Waals surface area (Å²) in [6.07, 6.45) is -6.01. The van der Waals surface area contributed by atoms with E-state index in [0.29, 0.717) is 5.56 Å². The number of hydrogen-bond acceptors (Lipinski definition) is 1. The fourth-order valence-corrected chi connectivity index (χ4v) is 1.56. The van der Waals surface area contributed by atoms with Crippen LogP contribution < -0.4 is 0 Å². The molecule has 2 nitrogen and oxygen atoms in total. The Labute approximate surface area is 101 Å². The van der Waals surface area contributed by atoms with E-state index in [-0.39, 0.29) is 6.42 Å². The quantitative estimate of drug-likeness (QED) is 0.827. The lowest BCUT2D eigenvalue weighted by Gasteiger charge is -2.13. The van der Waals surface area contributed by atoms with Gasteiger partial charge in [-0.1, -0.05) is 12.1 Å². The van der Waals surface area contributed by atoms with E-state index in [4.69, 9.17) is 5.11 Å². The molecule has 1 unspecified atom stereocenters. The first kappa shape index (κ1) is 14.5. The van der Waals surface area contributed by atoms with Gasteiger partial charge in [0, 0.05) is 6.42 Å². The van der Waals surface area contributed by atoms with Crippen LogP contribution >= 0.6 is 0 Å². The van der Waals surface area contributed by atoms with Crippen molar-refractivity contribution in [1.82, 2.24) is 0 Å². The first-order valence-electron chi connectivity index (χ1n) is 5.32. The molecule has 0 aliphatic carbocycles. The zero-order chi connectivity index (χ0) is 13.8. The summed E-state index contributed by atoms with van der Waals surface area (Å²) >= 11 is 0. The van der Waals surface area contributed by atoms with Crippen molar-refractivity contribution in [3.05, 3.63) is 35.6 Å². The molecule has 1 atom stereocenters. The highest BCUT2D eigenvalue weighted by atomic mass is 19.4. The normalized spacial score (nSPS) is 13.3. The minimum Gasteiger partial charge on any atom is -0.481 e. The molecule has 18 heavy (non-hydrogen) atoms. The van der Waals surface area contributed by atoms with E-state index in [2.05, 4.69) is 0 Å². The minimum atomic E-state index is -4.36. The van der Waals surface area contributed by atoms with Crippen molar-refractivity contribution < 1.29 is 27.5 Å². The molecule has 0 saturated carbocycles. The van der Waals surface area contributed by atoms with Crippen LogP contribution in [0, 0.1) is 11.7 Å². The maximum atomic E-state index is 12.6. The largest absolute Gasteiger partial charge is 0.481 e. The van der Waals surface area contributed by atoms with Crippen LogP contribution in [-0.2, 0) is 11.2 Å². The van der Waals surface area contributed by atoms with Gasteiger partial charge in [-0.2, -0.15) is 13.2 Å². The van der Waals surface area contributed by atoms with E-state index in [1.54, 1.807) is 0 Å². The number of carbonyl (C=O) groups is 1. The van der Waals surface area contributed by atoms with E-state index >= 15 is 0 Å². The third-order valence-electron chi connectivity index (χ3n) is 2.52. The van der Waals surface area contributed by atoms with Gasteiger partial charge in [0.15, 0.2) is 0 Å². The van der Waals surface area contributed by atoms with Gasteiger partial charge in [0.25, 0.3) is 0 Å². The number of carboxylic acids is 1. The molecule has 0 saturated heterocycles. The lowest BCUT2D eigenvalue weighted by molar-refractivity contribution is -0.148. The average molecular weight is 264 g/mol. The van der Waals surface area contributed by atoms with Crippen molar-refractivity contribution >= 4 is 5.97 Å². The fraction of sp³-hybridized carbons (Fsp3) is 0.417. The Hall–Kier alpha value is -1.59. The summed E-state index contributed by atoms with van der Waals surface area (Å²) in [6.45, 7) is 0. The minimum absolute atomic E-state index is 0.0360. The van der Waals surface area contributed by atoms with Crippen molar-refractivity contribution in [2.45, 2.75) is 25.4 Å². The lowest BCUT2D eigenvalue weighted by Crippen LogP contribution is -2.20. The monoisotopic (exact) mass is 264 g/mol. The topological polar surface area (TPSA) is 37.3 Å². The molecule has 1 aromatic carbocycles. The highest BCUT2D eigenvalue weighted by molar-refractivity contribution is 5.70. The number of carboxylic acid groups (broad SMARTS) is 1. The molecule has 1 N–H and O–H groups in total. The first-order valence-corrected chi connectivity index (χ1v) is 5.32. The number of hydrogen-bond donors (Lipinski definition) is 1. The van der Waals surface area contributed by atoms with Crippen LogP contribution in [0.15, 0.2) is 24.3 Å². The molecule has 1 rings (SSSR count). The van der Waals surface area contributed by atoms with Crippen LogP contribution in [0.3, 0.4) is 0 Å². The molecule has 0 fully saturated rings. The van der Waals surface area contributed by atoms with E-state index < -0.39 is 36.7 Å². The summed E-state index contributed by atoms with van der Waals surface area (Å²) in [5.74, 6) is -2.86. The molecular formula is C12H12F4O2. The number of rotatable bonds is 5. The average Bonchev–Trinajstić information content (AvgIpc) is 2.25. The van der Waals surface area contributed by atoms with Crippen LogP contribution in [-0.4, -0.2) is 17.3 Å². The van der Waals surface area contributed by atoms with E-state index in [1.807, 2.05) is 0 Å². The molecule has 0 amide bonds. The van der Waals surface area contributed by atoms with Crippen LogP contribution in [0.5, 0.6) is 0 Å². The number of benzene rings is 1. The molecule has 100 valence electrons. The Kier molecular flexibility index (Phi) is 4.69. The van der Waals surface area contributed by atoms with Gasteiger partial charge in [0.2, 0.25) is 0 Å². The third-order valence-corrected chi connectivity index (χ3v) is 2.52. The van der Waals surface area contributed by atoms with E-state index in [9.17, 15) is 22.4 Å². The molecule has 0 aromatic heterocycles. The zero-order valence-corrected chi connectivity index (χ0v) is 9.38. The van der Waals surface area contributed by atoms with Gasteiger partial charge in [-0.05, 0) is 30.5 Å². The number of halogens is 4. The second-order valence-corrected chi connectivity index (χ2v) is 4.02. The summed E-state index contributed by atoms with van der Waals surface area (Å²) in [7, 11) is 0. The molecule has 0 aliphatic rings. The molecule has 1 aromatic rings. The molecular weight excluding hydrogens is 252 g/mol. The van der Waals surface area contributed by atoms with Crippen LogP contribution in [0.25, 0.3) is 0 Å².